The summed E-state index contributed by atoms with van der Waals surface area (Å²) in [5.74, 6) is 0.609. The lowest BCUT2D eigenvalue weighted by molar-refractivity contribution is 0.663. The summed E-state index contributed by atoms with van der Waals surface area (Å²) in [6.45, 7) is 1.13. The lowest BCUT2D eigenvalue weighted by Crippen LogP contribution is -2.14. The maximum absolute atomic E-state index is 6.01. The molecule has 84 valence electrons. The fourth-order valence-corrected chi connectivity index (χ4v) is 1.62. The minimum absolute atomic E-state index is 0.527. The van der Waals surface area contributed by atoms with E-state index in [4.69, 9.17) is 23.2 Å². The zero-order valence-corrected chi connectivity index (χ0v) is 9.76. The van der Waals surface area contributed by atoms with Crippen LogP contribution in [0.15, 0.2) is 18.2 Å². The first kappa shape index (κ1) is 11.3. The van der Waals surface area contributed by atoms with E-state index in [9.17, 15) is 0 Å². The SMILES string of the molecule is Clc1ccc(Cl)c(CNCc2nn[nH]n2)c1. The third-order valence-electron chi connectivity index (χ3n) is 2.00. The lowest BCUT2D eigenvalue weighted by atomic mass is 10.2. The Morgan fingerprint density at radius 1 is 1.25 bits per heavy atom. The molecule has 0 aliphatic rings. The molecule has 7 heteroatoms. The van der Waals surface area contributed by atoms with Gasteiger partial charge < -0.3 is 5.32 Å². The molecule has 1 aromatic carbocycles. The topological polar surface area (TPSA) is 66.5 Å². The molecular formula is C9H9Cl2N5. The van der Waals surface area contributed by atoms with Crippen molar-refractivity contribution < 1.29 is 0 Å². The molecule has 1 aromatic heterocycles. The van der Waals surface area contributed by atoms with Gasteiger partial charge in [0.2, 0.25) is 0 Å². The van der Waals surface area contributed by atoms with Crippen LogP contribution in [-0.4, -0.2) is 20.6 Å². The van der Waals surface area contributed by atoms with Gasteiger partial charge in [0.15, 0.2) is 5.82 Å². The van der Waals surface area contributed by atoms with Gasteiger partial charge in [-0.15, -0.1) is 10.2 Å². The van der Waals surface area contributed by atoms with Gasteiger partial charge in [-0.1, -0.05) is 28.4 Å². The van der Waals surface area contributed by atoms with E-state index in [1.807, 2.05) is 6.07 Å². The highest BCUT2D eigenvalue weighted by Gasteiger charge is 2.02. The molecule has 1 heterocycles. The summed E-state index contributed by atoms with van der Waals surface area (Å²) >= 11 is 11.9. The predicted molar refractivity (Wildman–Crippen MR) is 61.2 cm³/mol. The van der Waals surface area contributed by atoms with Crippen LogP contribution in [-0.2, 0) is 13.1 Å². The average molecular weight is 258 g/mol. The molecule has 0 bridgehead atoms. The van der Waals surface area contributed by atoms with Crippen molar-refractivity contribution in [1.29, 1.82) is 0 Å². The van der Waals surface area contributed by atoms with Gasteiger partial charge in [0, 0.05) is 16.6 Å². The summed E-state index contributed by atoms with van der Waals surface area (Å²) in [5, 5.41) is 18.0. The summed E-state index contributed by atoms with van der Waals surface area (Å²) in [4.78, 5) is 0. The van der Waals surface area contributed by atoms with Crippen molar-refractivity contribution in [3.8, 4) is 0 Å². The van der Waals surface area contributed by atoms with Crippen molar-refractivity contribution in [2.45, 2.75) is 13.1 Å². The zero-order valence-electron chi connectivity index (χ0n) is 8.24. The number of benzene rings is 1. The van der Waals surface area contributed by atoms with E-state index in [-0.39, 0.29) is 0 Å². The minimum Gasteiger partial charge on any atom is -0.306 e. The third kappa shape index (κ3) is 2.91. The summed E-state index contributed by atoms with van der Waals surface area (Å²) in [6.07, 6.45) is 0. The van der Waals surface area contributed by atoms with E-state index < -0.39 is 0 Å². The van der Waals surface area contributed by atoms with Crippen molar-refractivity contribution in [2.75, 3.05) is 0 Å². The Balaban J connectivity index is 1.92. The molecule has 2 rings (SSSR count). The third-order valence-corrected chi connectivity index (χ3v) is 2.60. The fourth-order valence-electron chi connectivity index (χ4n) is 1.25. The molecular weight excluding hydrogens is 249 g/mol. The number of rotatable bonds is 4. The van der Waals surface area contributed by atoms with Gasteiger partial charge in [0.05, 0.1) is 6.54 Å². The quantitative estimate of drug-likeness (QED) is 0.877. The van der Waals surface area contributed by atoms with Gasteiger partial charge in [-0.25, -0.2) is 0 Å². The van der Waals surface area contributed by atoms with Crippen LogP contribution >= 0.6 is 23.2 Å². The molecule has 5 nitrogen and oxygen atoms in total. The Labute approximate surface area is 102 Å². The van der Waals surface area contributed by atoms with Crippen molar-refractivity contribution >= 4 is 23.2 Å². The number of aromatic amines is 1. The summed E-state index contributed by atoms with van der Waals surface area (Å²) < 4.78 is 0. The molecule has 0 spiro atoms. The van der Waals surface area contributed by atoms with Crippen LogP contribution in [0.5, 0.6) is 0 Å². The highest BCUT2D eigenvalue weighted by atomic mass is 35.5. The van der Waals surface area contributed by atoms with Crippen molar-refractivity contribution in [2.24, 2.45) is 0 Å². The standard InChI is InChI=1S/C9H9Cl2N5/c10-7-1-2-8(11)6(3-7)4-12-5-9-13-15-16-14-9/h1-3,12H,4-5H2,(H,13,14,15,16). The molecule has 0 unspecified atom stereocenters. The first-order chi connectivity index (χ1) is 7.75. The van der Waals surface area contributed by atoms with Crippen LogP contribution < -0.4 is 5.32 Å². The molecule has 2 aromatic rings. The van der Waals surface area contributed by atoms with Gasteiger partial charge in [-0.2, -0.15) is 5.21 Å². The number of aromatic nitrogens is 4. The van der Waals surface area contributed by atoms with Crippen LogP contribution in [0.3, 0.4) is 0 Å². The number of hydrogen-bond acceptors (Lipinski definition) is 4. The number of halogens is 2. The van der Waals surface area contributed by atoms with Crippen molar-refractivity contribution in [3.05, 3.63) is 39.6 Å². The number of tetrazole rings is 1. The smallest absolute Gasteiger partial charge is 0.188 e. The largest absolute Gasteiger partial charge is 0.306 e. The summed E-state index contributed by atoms with van der Waals surface area (Å²) in [5.41, 5.74) is 0.942. The molecule has 0 saturated carbocycles. The second-order valence-corrected chi connectivity index (χ2v) is 4.01. The predicted octanol–water partition coefficient (Wildman–Crippen LogP) is 1.80. The Bertz CT molecular complexity index is 457. The van der Waals surface area contributed by atoms with E-state index in [0.717, 1.165) is 5.56 Å². The van der Waals surface area contributed by atoms with E-state index in [1.54, 1.807) is 12.1 Å². The first-order valence-corrected chi connectivity index (χ1v) is 5.38. The van der Waals surface area contributed by atoms with Crippen molar-refractivity contribution in [3.63, 3.8) is 0 Å². The van der Waals surface area contributed by atoms with E-state index in [1.165, 1.54) is 0 Å². The van der Waals surface area contributed by atoms with Crippen LogP contribution in [0.1, 0.15) is 11.4 Å². The molecule has 0 amide bonds. The highest BCUT2D eigenvalue weighted by molar-refractivity contribution is 6.33. The summed E-state index contributed by atoms with van der Waals surface area (Å²) in [7, 11) is 0. The maximum atomic E-state index is 6.01. The van der Waals surface area contributed by atoms with E-state index in [0.29, 0.717) is 29.0 Å². The van der Waals surface area contributed by atoms with Gasteiger partial charge >= 0.3 is 0 Å². The first-order valence-electron chi connectivity index (χ1n) is 4.62. The normalized spacial score (nSPS) is 10.6. The molecule has 0 fully saturated rings. The van der Waals surface area contributed by atoms with Crippen LogP contribution in [0, 0.1) is 0 Å². The number of hydrogen-bond donors (Lipinski definition) is 2. The highest BCUT2D eigenvalue weighted by Crippen LogP contribution is 2.20. The monoisotopic (exact) mass is 257 g/mol. The fraction of sp³-hybridized carbons (Fsp3) is 0.222. The number of H-pyrrole nitrogens is 1. The van der Waals surface area contributed by atoms with Crippen LogP contribution in [0.25, 0.3) is 0 Å². The van der Waals surface area contributed by atoms with Gasteiger partial charge in [-0.05, 0) is 23.8 Å². The Morgan fingerprint density at radius 3 is 2.88 bits per heavy atom. The average Bonchev–Trinajstić information content (AvgIpc) is 2.76. The maximum Gasteiger partial charge on any atom is 0.188 e. The number of nitrogens with one attached hydrogen (secondary N) is 2. The van der Waals surface area contributed by atoms with Gasteiger partial charge in [0.25, 0.3) is 0 Å². The molecule has 2 N–H and O–H groups in total. The molecule has 16 heavy (non-hydrogen) atoms. The molecule has 0 saturated heterocycles. The van der Waals surface area contributed by atoms with Crippen LogP contribution in [0.2, 0.25) is 10.0 Å². The van der Waals surface area contributed by atoms with E-state index in [2.05, 4.69) is 25.9 Å². The Kier molecular flexibility index (Phi) is 3.71. The van der Waals surface area contributed by atoms with E-state index >= 15 is 0 Å². The lowest BCUT2D eigenvalue weighted by Gasteiger charge is -2.05. The van der Waals surface area contributed by atoms with Crippen LogP contribution in [0.4, 0.5) is 0 Å². The second-order valence-electron chi connectivity index (χ2n) is 3.17. The van der Waals surface area contributed by atoms with Crippen molar-refractivity contribution in [1.82, 2.24) is 25.9 Å². The Hall–Kier alpha value is -1.17. The minimum atomic E-state index is 0.527. The molecule has 0 aliphatic carbocycles. The second kappa shape index (κ2) is 5.25. The van der Waals surface area contributed by atoms with Gasteiger partial charge in [-0.3, -0.25) is 0 Å². The number of nitrogens with zero attached hydrogens (tertiary/aromatic N) is 3. The molecule has 0 radical (unpaired) electrons. The summed E-state index contributed by atoms with van der Waals surface area (Å²) in [6, 6.07) is 5.36. The zero-order chi connectivity index (χ0) is 11.4. The molecule has 0 aliphatic heterocycles. The Morgan fingerprint density at radius 2 is 2.12 bits per heavy atom. The molecule has 0 atom stereocenters. The van der Waals surface area contributed by atoms with Gasteiger partial charge in [0.1, 0.15) is 0 Å².